The molecule has 2 N–H and O–H groups in total. The van der Waals surface area contributed by atoms with Crippen LogP contribution in [0.15, 0.2) is 0 Å². The van der Waals surface area contributed by atoms with Crippen LogP contribution in [0.4, 0.5) is 0 Å². The zero-order valence-electron chi connectivity index (χ0n) is 9.73. The van der Waals surface area contributed by atoms with Crippen molar-refractivity contribution in [2.24, 2.45) is 5.92 Å². The minimum Gasteiger partial charge on any atom is -0.479 e. The number of aliphatic hydroxyl groups is 1. The Hall–Kier alpha value is -0.610. The second kappa shape index (κ2) is 4.49. The Balaban J connectivity index is 2.54. The Labute approximate surface area is 90.9 Å². The molecule has 0 heterocycles. The van der Waals surface area contributed by atoms with Crippen LogP contribution >= 0.6 is 0 Å². The van der Waals surface area contributed by atoms with Crippen molar-refractivity contribution in [3.05, 3.63) is 0 Å². The first kappa shape index (κ1) is 12.5. The van der Waals surface area contributed by atoms with Gasteiger partial charge in [0.05, 0.1) is 0 Å². The molecule has 0 amide bonds. The average Bonchev–Trinajstić information content (AvgIpc) is 2.82. The zero-order valence-corrected chi connectivity index (χ0v) is 9.73. The third-order valence-corrected chi connectivity index (χ3v) is 2.63. The number of rotatable bonds is 6. The van der Waals surface area contributed by atoms with E-state index in [9.17, 15) is 9.90 Å². The van der Waals surface area contributed by atoms with Crippen LogP contribution < -0.4 is 0 Å². The molecule has 0 saturated heterocycles. The Morgan fingerprint density at radius 3 is 2.40 bits per heavy atom. The van der Waals surface area contributed by atoms with Crippen molar-refractivity contribution in [2.75, 3.05) is 13.1 Å². The number of carboxylic acid groups (broad SMARTS) is 1. The monoisotopic (exact) mass is 215 g/mol. The van der Waals surface area contributed by atoms with Crippen molar-refractivity contribution >= 4 is 5.97 Å². The van der Waals surface area contributed by atoms with Gasteiger partial charge in [0.15, 0.2) is 5.60 Å². The third kappa shape index (κ3) is 3.80. The predicted molar refractivity (Wildman–Crippen MR) is 57.7 cm³/mol. The van der Waals surface area contributed by atoms with E-state index in [2.05, 4.69) is 18.7 Å². The maximum absolute atomic E-state index is 10.8. The summed E-state index contributed by atoms with van der Waals surface area (Å²) < 4.78 is 0. The summed E-state index contributed by atoms with van der Waals surface area (Å²) in [7, 11) is 0. The van der Waals surface area contributed by atoms with Gasteiger partial charge >= 0.3 is 5.97 Å². The van der Waals surface area contributed by atoms with Crippen LogP contribution in [0.1, 0.15) is 33.6 Å². The van der Waals surface area contributed by atoms with Crippen LogP contribution in [0.2, 0.25) is 0 Å². The fourth-order valence-electron chi connectivity index (χ4n) is 1.71. The number of carbonyl (C=O) groups is 1. The third-order valence-electron chi connectivity index (χ3n) is 2.63. The van der Waals surface area contributed by atoms with Crippen LogP contribution in [0.3, 0.4) is 0 Å². The fraction of sp³-hybridized carbons (Fsp3) is 0.909. The minimum atomic E-state index is -1.63. The second-order valence-electron chi connectivity index (χ2n) is 5.13. The summed E-state index contributed by atoms with van der Waals surface area (Å²) in [4.78, 5) is 12.9. The molecule has 0 radical (unpaired) electrons. The van der Waals surface area contributed by atoms with Gasteiger partial charge in [0, 0.05) is 19.1 Å². The Morgan fingerprint density at radius 2 is 2.07 bits per heavy atom. The molecule has 88 valence electrons. The fourth-order valence-corrected chi connectivity index (χ4v) is 1.71. The van der Waals surface area contributed by atoms with E-state index in [-0.39, 0.29) is 6.54 Å². The molecule has 1 aliphatic rings. The Bertz CT molecular complexity index is 234. The van der Waals surface area contributed by atoms with Gasteiger partial charge in [0.1, 0.15) is 0 Å². The largest absolute Gasteiger partial charge is 0.479 e. The van der Waals surface area contributed by atoms with Crippen LogP contribution in [0.5, 0.6) is 0 Å². The molecule has 4 heteroatoms. The average molecular weight is 215 g/mol. The van der Waals surface area contributed by atoms with E-state index >= 15 is 0 Å². The van der Waals surface area contributed by atoms with Gasteiger partial charge in [-0.25, -0.2) is 4.79 Å². The van der Waals surface area contributed by atoms with E-state index in [0.29, 0.717) is 12.0 Å². The Kier molecular flexibility index (Phi) is 3.73. The molecule has 4 nitrogen and oxygen atoms in total. The molecule has 0 aromatic rings. The molecule has 0 spiro atoms. The van der Waals surface area contributed by atoms with Gasteiger partial charge in [-0.2, -0.15) is 0 Å². The molecule has 0 bridgehead atoms. The van der Waals surface area contributed by atoms with E-state index in [0.717, 1.165) is 19.4 Å². The molecule has 0 aliphatic heterocycles. The second-order valence-corrected chi connectivity index (χ2v) is 5.13. The summed E-state index contributed by atoms with van der Waals surface area (Å²) in [5.41, 5.74) is -1.63. The molecule has 1 saturated carbocycles. The lowest BCUT2D eigenvalue weighted by Gasteiger charge is -2.30. The molecule has 1 unspecified atom stereocenters. The molecular formula is C11H21NO3. The normalized spacial score (nSPS) is 20.7. The van der Waals surface area contributed by atoms with Crippen molar-refractivity contribution in [1.82, 2.24) is 4.90 Å². The zero-order chi connectivity index (χ0) is 11.6. The van der Waals surface area contributed by atoms with E-state index in [1.807, 2.05) is 0 Å². The summed E-state index contributed by atoms with van der Waals surface area (Å²) in [6, 6.07) is 0.484. The van der Waals surface area contributed by atoms with Crippen LogP contribution in [0.25, 0.3) is 0 Å². The van der Waals surface area contributed by atoms with Gasteiger partial charge in [-0.05, 0) is 25.7 Å². The van der Waals surface area contributed by atoms with Gasteiger partial charge in [0.25, 0.3) is 0 Å². The highest BCUT2D eigenvalue weighted by Crippen LogP contribution is 2.28. The van der Waals surface area contributed by atoms with Crippen molar-refractivity contribution in [2.45, 2.75) is 45.3 Å². The van der Waals surface area contributed by atoms with Gasteiger partial charge in [-0.3, -0.25) is 4.90 Å². The molecule has 0 aromatic heterocycles. The quantitative estimate of drug-likeness (QED) is 0.692. The summed E-state index contributed by atoms with van der Waals surface area (Å²) in [5.74, 6) is -0.646. The maximum atomic E-state index is 10.8. The highest BCUT2D eigenvalue weighted by atomic mass is 16.4. The number of nitrogens with zero attached hydrogens (tertiary/aromatic N) is 1. The van der Waals surface area contributed by atoms with Crippen LogP contribution in [-0.4, -0.2) is 45.8 Å². The van der Waals surface area contributed by atoms with E-state index < -0.39 is 11.6 Å². The molecule has 1 fully saturated rings. The van der Waals surface area contributed by atoms with Gasteiger partial charge in [-0.1, -0.05) is 13.8 Å². The van der Waals surface area contributed by atoms with Crippen LogP contribution in [0, 0.1) is 5.92 Å². The minimum absolute atomic E-state index is 0.227. The molecule has 1 rings (SSSR count). The summed E-state index contributed by atoms with van der Waals surface area (Å²) in [6.07, 6.45) is 2.25. The van der Waals surface area contributed by atoms with E-state index in [1.165, 1.54) is 6.92 Å². The number of hydrogen-bond donors (Lipinski definition) is 2. The molecule has 0 aromatic carbocycles. The van der Waals surface area contributed by atoms with Gasteiger partial charge in [0.2, 0.25) is 0 Å². The van der Waals surface area contributed by atoms with E-state index in [1.54, 1.807) is 0 Å². The molecule has 1 aliphatic carbocycles. The van der Waals surface area contributed by atoms with Crippen molar-refractivity contribution in [1.29, 1.82) is 0 Å². The molecular weight excluding hydrogens is 194 g/mol. The Morgan fingerprint density at radius 1 is 1.53 bits per heavy atom. The highest BCUT2D eigenvalue weighted by molar-refractivity contribution is 5.76. The first-order chi connectivity index (χ1) is 6.83. The lowest BCUT2D eigenvalue weighted by atomic mass is 10.1. The van der Waals surface area contributed by atoms with Crippen molar-refractivity contribution in [3.63, 3.8) is 0 Å². The topological polar surface area (TPSA) is 60.8 Å². The number of aliphatic carboxylic acids is 1. The lowest BCUT2D eigenvalue weighted by molar-refractivity contribution is -0.158. The lowest BCUT2D eigenvalue weighted by Crippen LogP contribution is -2.48. The molecule has 1 atom stereocenters. The highest BCUT2D eigenvalue weighted by Gasteiger charge is 2.38. The van der Waals surface area contributed by atoms with E-state index in [4.69, 9.17) is 5.11 Å². The summed E-state index contributed by atoms with van der Waals surface area (Å²) in [5, 5.41) is 18.6. The standard InChI is InChI=1S/C11H21NO3/c1-8(2)6-12(9-4-5-9)7-11(3,15)10(13)14/h8-9,15H,4-7H2,1-3H3,(H,13,14). The smallest absolute Gasteiger partial charge is 0.336 e. The first-order valence-electron chi connectivity index (χ1n) is 5.52. The van der Waals surface area contributed by atoms with Crippen molar-refractivity contribution in [3.8, 4) is 0 Å². The first-order valence-corrected chi connectivity index (χ1v) is 5.52. The van der Waals surface area contributed by atoms with Gasteiger partial charge in [-0.15, -0.1) is 0 Å². The predicted octanol–water partition coefficient (Wildman–Crippen LogP) is 0.942. The van der Waals surface area contributed by atoms with Crippen LogP contribution in [-0.2, 0) is 4.79 Å². The number of hydrogen-bond acceptors (Lipinski definition) is 3. The molecule has 15 heavy (non-hydrogen) atoms. The number of carboxylic acids is 1. The van der Waals surface area contributed by atoms with Gasteiger partial charge < -0.3 is 10.2 Å². The summed E-state index contributed by atoms with van der Waals surface area (Å²) >= 11 is 0. The van der Waals surface area contributed by atoms with Crippen molar-refractivity contribution < 1.29 is 15.0 Å². The maximum Gasteiger partial charge on any atom is 0.336 e. The SMILES string of the molecule is CC(C)CN(CC(C)(O)C(=O)O)C1CC1. The summed E-state index contributed by atoms with van der Waals surface area (Å²) in [6.45, 7) is 6.65.